The van der Waals surface area contributed by atoms with Crippen LogP contribution in [0.15, 0.2) is 23.1 Å². The number of carbonyl (C=O) groups excluding carboxylic acids is 1. The fraction of sp³-hybridized carbons (Fsp3) is 0.588. The summed E-state index contributed by atoms with van der Waals surface area (Å²) in [4.78, 5) is 14.3. The van der Waals surface area contributed by atoms with Crippen LogP contribution in [-0.2, 0) is 14.6 Å². The highest BCUT2D eigenvalue weighted by molar-refractivity contribution is 7.91. The third-order valence-electron chi connectivity index (χ3n) is 4.44. The first-order valence-electron chi connectivity index (χ1n) is 8.31. The van der Waals surface area contributed by atoms with Gasteiger partial charge < -0.3 is 19.7 Å². The highest BCUT2D eigenvalue weighted by atomic mass is 32.2. The number of carbonyl (C=O) groups is 1. The third-order valence-corrected chi connectivity index (χ3v) is 6.15. The van der Waals surface area contributed by atoms with E-state index in [1.54, 1.807) is 11.0 Å². The van der Waals surface area contributed by atoms with Gasteiger partial charge in [0.05, 0.1) is 24.9 Å². The van der Waals surface area contributed by atoms with Crippen molar-refractivity contribution in [3.63, 3.8) is 0 Å². The SMILES string of the molecule is CNCC1CCCN1C(=O)CCS(=O)(=O)c1ccc(OC)c(OC)c1. The van der Waals surface area contributed by atoms with Gasteiger partial charge in [-0.3, -0.25) is 4.79 Å². The third kappa shape index (κ3) is 4.64. The molecular weight excluding hydrogens is 344 g/mol. The van der Waals surface area contributed by atoms with Gasteiger partial charge in [-0.1, -0.05) is 0 Å². The maximum atomic E-state index is 12.5. The van der Waals surface area contributed by atoms with Crippen LogP contribution >= 0.6 is 0 Å². The molecule has 0 aromatic heterocycles. The Hall–Kier alpha value is -1.80. The van der Waals surface area contributed by atoms with Crippen LogP contribution in [0.25, 0.3) is 0 Å². The number of nitrogens with one attached hydrogen (secondary N) is 1. The van der Waals surface area contributed by atoms with E-state index >= 15 is 0 Å². The molecule has 0 aliphatic carbocycles. The highest BCUT2D eigenvalue weighted by Crippen LogP contribution is 2.30. The van der Waals surface area contributed by atoms with Crippen LogP contribution in [-0.4, -0.2) is 65.4 Å². The average Bonchev–Trinajstić information content (AvgIpc) is 3.07. The van der Waals surface area contributed by atoms with Gasteiger partial charge in [0, 0.05) is 31.6 Å². The van der Waals surface area contributed by atoms with Crippen molar-refractivity contribution in [1.29, 1.82) is 0 Å². The van der Waals surface area contributed by atoms with Crippen LogP contribution in [0, 0.1) is 0 Å². The van der Waals surface area contributed by atoms with Crippen molar-refractivity contribution in [1.82, 2.24) is 10.2 Å². The lowest BCUT2D eigenvalue weighted by molar-refractivity contribution is -0.131. The van der Waals surface area contributed by atoms with Crippen LogP contribution in [0.2, 0.25) is 0 Å². The number of hydrogen-bond acceptors (Lipinski definition) is 6. The van der Waals surface area contributed by atoms with Crippen molar-refractivity contribution >= 4 is 15.7 Å². The minimum Gasteiger partial charge on any atom is -0.493 e. The van der Waals surface area contributed by atoms with Gasteiger partial charge in [-0.05, 0) is 32.0 Å². The Kier molecular flexibility index (Phi) is 6.66. The van der Waals surface area contributed by atoms with Gasteiger partial charge in [-0.2, -0.15) is 0 Å². The van der Waals surface area contributed by atoms with Crippen molar-refractivity contribution in [3.05, 3.63) is 18.2 Å². The average molecular weight is 370 g/mol. The topological polar surface area (TPSA) is 84.9 Å². The zero-order valence-corrected chi connectivity index (χ0v) is 15.8. The first kappa shape index (κ1) is 19.5. The fourth-order valence-corrected chi connectivity index (χ4v) is 4.35. The number of hydrogen-bond donors (Lipinski definition) is 1. The normalized spacial score (nSPS) is 17.6. The standard InChI is InChI=1S/C17H26N2O5S/c1-18-12-13-5-4-9-19(13)17(20)8-10-25(21,22)14-6-7-15(23-2)16(11-14)24-3/h6-7,11,13,18H,4-5,8-10,12H2,1-3H3. The number of likely N-dealkylation sites (tertiary alicyclic amines) is 1. The van der Waals surface area contributed by atoms with E-state index in [4.69, 9.17) is 9.47 Å². The Morgan fingerprint density at radius 1 is 1.28 bits per heavy atom. The van der Waals surface area contributed by atoms with Gasteiger partial charge in [0.15, 0.2) is 21.3 Å². The van der Waals surface area contributed by atoms with Crippen LogP contribution in [0.3, 0.4) is 0 Å². The number of nitrogens with zero attached hydrogens (tertiary/aromatic N) is 1. The van der Waals surface area contributed by atoms with Crippen LogP contribution in [0.1, 0.15) is 19.3 Å². The summed E-state index contributed by atoms with van der Waals surface area (Å²) < 4.78 is 35.4. The number of ether oxygens (including phenoxy) is 2. The molecule has 0 radical (unpaired) electrons. The number of benzene rings is 1. The molecular formula is C17H26N2O5S. The maximum Gasteiger partial charge on any atom is 0.223 e. The van der Waals surface area contributed by atoms with E-state index in [0.29, 0.717) is 18.0 Å². The lowest BCUT2D eigenvalue weighted by atomic mass is 10.2. The molecule has 0 bridgehead atoms. The largest absolute Gasteiger partial charge is 0.493 e. The van der Waals surface area contributed by atoms with E-state index in [1.807, 2.05) is 7.05 Å². The molecule has 1 aliphatic rings. The molecule has 1 aliphatic heterocycles. The van der Waals surface area contributed by atoms with E-state index in [2.05, 4.69) is 5.32 Å². The zero-order valence-electron chi connectivity index (χ0n) is 14.9. The van der Waals surface area contributed by atoms with Gasteiger partial charge in [-0.15, -0.1) is 0 Å². The molecule has 7 nitrogen and oxygen atoms in total. The first-order chi connectivity index (χ1) is 11.9. The zero-order chi connectivity index (χ0) is 18.4. The predicted molar refractivity (Wildman–Crippen MR) is 94.9 cm³/mol. The van der Waals surface area contributed by atoms with E-state index in [1.165, 1.54) is 26.4 Å². The molecule has 0 saturated carbocycles. The van der Waals surface area contributed by atoms with Crippen LogP contribution in [0.4, 0.5) is 0 Å². The van der Waals surface area contributed by atoms with Crippen molar-refractivity contribution in [2.24, 2.45) is 0 Å². The summed E-state index contributed by atoms with van der Waals surface area (Å²) in [5, 5.41) is 3.08. The second-order valence-corrected chi connectivity index (χ2v) is 8.14. The summed E-state index contributed by atoms with van der Waals surface area (Å²) in [5.74, 6) is 0.485. The van der Waals surface area contributed by atoms with Gasteiger partial charge in [0.1, 0.15) is 0 Å². The van der Waals surface area contributed by atoms with E-state index in [0.717, 1.165) is 19.4 Å². The minimum absolute atomic E-state index is 0.0170. The highest BCUT2D eigenvalue weighted by Gasteiger charge is 2.29. The molecule has 1 aromatic carbocycles. The van der Waals surface area contributed by atoms with Gasteiger partial charge in [-0.25, -0.2) is 8.42 Å². The Bertz CT molecular complexity index is 705. The van der Waals surface area contributed by atoms with Crippen molar-refractivity contribution < 1.29 is 22.7 Å². The number of likely N-dealkylation sites (N-methyl/N-ethyl adjacent to an activating group) is 1. The molecule has 1 N–H and O–H groups in total. The van der Waals surface area contributed by atoms with E-state index in [-0.39, 0.29) is 29.0 Å². The van der Waals surface area contributed by atoms with Gasteiger partial charge in [0.25, 0.3) is 0 Å². The minimum atomic E-state index is -3.57. The molecule has 2 rings (SSSR count). The summed E-state index contributed by atoms with van der Waals surface area (Å²) in [6, 6.07) is 4.61. The van der Waals surface area contributed by atoms with E-state index in [9.17, 15) is 13.2 Å². The smallest absolute Gasteiger partial charge is 0.223 e. The quantitative estimate of drug-likeness (QED) is 0.737. The number of amides is 1. The molecule has 140 valence electrons. The molecule has 1 aromatic rings. The first-order valence-corrected chi connectivity index (χ1v) is 9.97. The molecule has 1 unspecified atom stereocenters. The van der Waals surface area contributed by atoms with Crippen LogP contribution in [0.5, 0.6) is 11.5 Å². The Labute approximate surface area is 149 Å². The number of rotatable bonds is 8. The van der Waals surface area contributed by atoms with Crippen molar-refractivity contribution in [2.45, 2.75) is 30.2 Å². The van der Waals surface area contributed by atoms with Gasteiger partial charge in [0.2, 0.25) is 5.91 Å². The number of methoxy groups -OCH3 is 2. The second kappa shape index (κ2) is 8.53. The monoisotopic (exact) mass is 370 g/mol. The molecule has 1 saturated heterocycles. The summed E-state index contributed by atoms with van der Waals surface area (Å²) >= 11 is 0. The second-order valence-electron chi connectivity index (χ2n) is 6.03. The van der Waals surface area contributed by atoms with Crippen molar-refractivity contribution in [2.75, 3.05) is 40.1 Å². The number of sulfone groups is 1. The lowest BCUT2D eigenvalue weighted by Gasteiger charge is -2.24. The summed E-state index contributed by atoms with van der Waals surface area (Å²) in [5.41, 5.74) is 0. The predicted octanol–water partition coefficient (Wildman–Crippen LogP) is 1.08. The van der Waals surface area contributed by atoms with E-state index < -0.39 is 9.84 Å². The Morgan fingerprint density at radius 2 is 2.00 bits per heavy atom. The molecule has 0 spiro atoms. The Balaban J connectivity index is 2.05. The maximum absolute atomic E-state index is 12.5. The fourth-order valence-electron chi connectivity index (χ4n) is 3.11. The summed E-state index contributed by atoms with van der Waals surface area (Å²) in [6.45, 7) is 1.43. The van der Waals surface area contributed by atoms with Gasteiger partial charge >= 0.3 is 0 Å². The molecule has 1 heterocycles. The molecule has 1 atom stereocenters. The Morgan fingerprint density at radius 3 is 2.64 bits per heavy atom. The van der Waals surface area contributed by atoms with Crippen LogP contribution < -0.4 is 14.8 Å². The molecule has 1 amide bonds. The molecule has 1 fully saturated rings. The summed E-state index contributed by atoms with van der Waals surface area (Å²) in [6.07, 6.45) is 1.90. The molecule has 8 heteroatoms. The van der Waals surface area contributed by atoms with Crippen molar-refractivity contribution in [3.8, 4) is 11.5 Å². The molecule has 25 heavy (non-hydrogen) atoms. The summed E-state index contributed by atoms with van der Waals surface area (Å²) in [7, 11) is 1.22. The lowest BCUT2D eigenvalue weighted by Crippen LogP contribution is -2.41.